The summed E-state index contributed by atoms with van der Waals surface area (Å²) in [5, 5.41) is -0.342. The number of ketones is 1. The molecule has 0 saturated heterocycles. The molecule has 0 aliphatic carbocycles. The van der Waals surface area contributed by atoms with Crippen LogP contribution in [0.1, 0.15) is 10.4 Å². The van der Waals surface area contributed by atoms with Gasteiger partial charge in [-0.1, -0.05) is 11.6 Å². The van der Waals surface area contributed by atoms with Gasteiger partial charge in [-0.25, -0.2) is 17.2 Å². The first kappa shape index (κ1) is 15.6. The highest BCUT2D eigenvalue weighted by molar-refractivity contribution is 7.92. The molecular weight excluding hydrogens is 322 g/mol. The minimum absolute atomic E-state index is 0.0770. The molecule has 0 aliphatic heterocycles. The van der Waals surface area contributed by atoms with Crippen LogP contribution in [0.25, 0.3) is 0 Å². The van der Waals surface area contributed by atoms with E-state index < -0.39 is 33.0 Å². The number of benzene rings is 2. The predicted octanol–water partition coefficient (Wildman–Crippen LogP) is 3.27. The summed E-state index contributed by atoms with van der Waals surface area (Å²) in [4.78, 5) is 11.6. The van der Waals surface area contributed by atoms with Gasteiger partial charge in [-0.2, -0.15) is 0 Å². The number of sulfone groups is 1. The van der Waals surface area contributed by atoms with Crippen LogP contribution in [0.15, 0.2) is 47.4 Å². The SMILES string of the molecule is O=C(CS(=O)(=O)c1ccc(F)c(Cl)c1)c1ccc(F)cc1. The third kappa shape index (κ3) is 3.65. The summed E-state index contributed by atoms with van der Waals surface area (Å²) in [6.45, 7) is 0. The molecule has 0 unspecified atom stereocenters. The first-order chi connectivity index (χ1) is 9.79. The Labute approximate surface area is 125 Å². The van der Waals surface area contributed by atoms with Gasteiger partial charge in [0.25, 0.3) is 0 Å². The molecule has 0 amide bonds. The fourth-order valence-electron chi connectivity index (χ4n) is 1.65. The minimum Gasteiger partial charge on any atom is -0.293 e. The average molecular weight is 331 g/mol. The van der Waals surface area contributed by atoms with Crippen molar-refractivity contribution in [2.45, 2.75) is 4.90 Å². The van der Waals surface area contributed by atoms with Crippen molar-refractivity contribution in [1.82, 2.24) is 0 Å². The number of carbonyl (C=O) groups is 1. The fraction of sp³-hybridized carbons (Fsp3) is 0.0714. The number of carbonyl (C=O) groups excluding carboxylic acids is 1. The topological polar surface area (TPSA) is 51.2 Å². The number of hydrogen-bond acceptors (Lipinski definition) is 3. The molecule has 3 nitrogen and oxygen atoms in total. The van der Waals surface area contributed by atoms with Gasteiger partial charge in [-0.05, 0) is 42.5 Å². The number of hydrogen-bond donors (Lipinski definition) is 0. The van der Waals surface area contributed by atoms with E-state index in [0.717, 1.165) is 30.3 Å². The van der Waals surface area contributed by atoms with E-state index in [4.69, 9.17) is 11.6 Å². The Balaban J connectivity index is 2.26. The second kappa shape index (κ2) is 5.91. The Hall–Kier alpha value is -1.79. The van der Waals surface area contributed by atoms with Crippen molar-refractivity contribution < 1.29 is 22.0 Å². The van der Waals surface area contributed by atoms with Crippen LogP contribution in [-0.4, -0.2) is 20.0 Å². The Bertz CT molecular complexity index is 786. The molecule has 0 fully saturated rings. The Morgan fingerprint density at radius 2 is 1.67 bits per heavy atom. The lowest BCUT2D eigenvalue weighted by Crippen LogP contribution is -2.16. The Morgan fingerprint density at radius 3 is 2.24 bits per heavy atom. The van der Waals surface area contributed by atoms with Crippen molar-refractivity contribution in [1.29, 1.82) is 0 Å². The molecule has 2 aromatic carbocycles. The molecule has 2 aromatic rings. The molecule has 0 spiro atoms. The van der Waals surface area contributed by atoms with E-state index in [1.165, 1.54) is 12.1 Å². The molecule has 0 saturated carbocycles. The molecule has 0 N–H and O–H groups in total. The summed E-state index contributed by atoms with van der Waals surface area (Å²) in [7, 11) is -3.95. The lowest BCUT2D eigenvalue weighted by Gasteiger charge is -2.05. The molecule has 0 radical (unpaired) electrons. The standard InChI is InChI=1S/C14H9ClF2O3S/c15-12-7-11(5-6-13(12)17)21(19,20)8-14(18)9-1-3-10(16)4-2-9/h1-7H,8H2. The summed E-state index contributed by atoms with van der Waals surface area (Å²) in [6.07, 6.45) is 0. The van der Waals surface area contributed by atoms with Crippen LogP contribution in [0.3, 0.4) is 0 Å². The first-order valence-corrected chi connectivity index (χ1v) is 7.79. The Morgan fingerprint density at radius 1 is 1.05 bits per heavy atom. The Kier molecular flexibility index (Phi) is 4.39. The van der Waals surface area contributed by atoms with Crippen LogP contribution < -0.4 is 0 Å². The largest absolute Gasteiger partial charge is 0.293 e. The quantitative estimate of drug-likeness (QED) is 0.638. The monoisotopic (exact) mass is 330 g/mol. The fourth-order valence-corrected chi connectivity index (χ4v) is 3.14. The zero-order valence-electron chi connectivity index (χ0n) is 10.5. The third-order valence-electron chi connectivity index (χ3n) is 2.74. The maximum Gasteiger partial charge on any atom is 0.185 e. The second-order valence-electron chi connectivity index (χ2n) is 4.27. The summed E-state index contributed by atoms with van der Waals surface area (Å²) < 4.78 is 49.9. The molecule has 110 valence electrons. The zero-order valence-corrected chi connectivity index (χ0v) is 12.1. The van der Waals surface area contributed by atoms with E-state index in [1.54, 1.807) is 0 Å². The first-order valence-electron chi connectivity index (χ1n) is 5.76. The normalized spacial score (nSPS) is 11.4. The second-order valence-corrected chi connectivity index (χ2v) is 6.66. The summed E-state index contributed by atoms with van der Waals surface area (Å²) >= 11 is 5.52. The van der Waals surface area contributed by atoms with Gasteiger partial charge < -0.3 is 0 Å². The molecular formula is C14H9ClF2O3S. The van der Waals surface area contributed by atoms with Crippen molar-refractivity contribution >= 4 is 27.2 Å². The van der Waals surface area contributed by atoms with Crippen LogP contribution in [0.2, 0.25) is 5.02 Å². The van der Waals surface area contributed by atoms with Gasteiger partial charge in [0.15, 0.2) is 15.6 Å². The highest BCUT2D eigenvalue weighted by Gasteiger charge is 2.21. The maximum atomic E-state index is 13.0. The number of rotatable bonds is 4. The van der Waals surface area contributed by atoms with Crippen molar-refractivity contribution in [3.63, 3.8) is 0 Å². The molecule has 0 bridgehead atoms. The summed E-state index contributed by atoms with van der Waals surface area (Å²) in [5.41, 5.74) is 0.0770. The van der Waals surface area contributed by atoms with Crippen LogP contribution in [0.5, 0.6) is 0 Å². The van der Waals surface area contributed by atoms with Gasteiger partial charge in [0.05, 0.1) is 9.92 Å². The predicted molar refractivity (Wildman–Crippen MR) is 74.2 cm³/mol. The number of Topliss-reactive ketones (excluding diaryl/α,β-unsaturated/α-hetero) is 1. The van der Waals surface area contributed by atoms with Gasteiger partial charge in [0.2, 0.25) is 0 Å². The van der Waals surface area contributed by atoms with Gasteiger partial charge in [-0.3, -0.25) is 4.79 Å². The highest BCUT2D eigenvalue weighted by atomic mass is 35.5. The van der Waals surface area contributed by atoms with Crippen LogP contribution >= 0.6 is 11.6 Å². The van der Waals surface area contributed by atoms with Gasteiger partial charge in [0.1, 0.15) is 17.4 Å². The van der Waals surface area contributed by atoms with Crippen molar-refractivity contribution in [2.75, 3.05) is 5.75 Å². The number of halogens is 3. The molecule has 0 atom stereocenters. The molecule has 0 heterocycles. The van der Waals surface area contributed by atoms with Gasteiger partial charge in [0, 0.05) is 5.56 Å². The van der Waals surface area contributed by atoms with Crippen molar-refractivity contribution in [2.24, 2.45) is 0 Å². The van der Waals surface area contributed by atoms with E-state index in [9.17, 15) is 22.0 Å². The molecule has 2 rings (SSSR count). The van der Waals surface area contributed by atoms with E-state index in [0.29, 0.717) is 0 Å². The summed E-state index contributed by atoms with van der Waals surface area (Å²) in [6, 6.07) is 7.43. The molecule has 21 heavy (non-hydrogen) atoms. The van der Waals surface area contributed by atoms with Crippen LogP contribution in [0.4, 0.5) is 8.78 Å². The lowest BCUT2D eigenvalue weighted by molar-refractivity contribution is 0.102. The molecule has 0 aliphatic rings. The summed E-state index contributed by atoms with van der Waals surface area (Å²) in [5.74, 6) is -2.77. The van der Waals surface area contributed by atoms with Crippen LogP contribution in [-0.2, 0) is 9.84 Å². The maximum absolute atomic E-state index is 13.0. The smallest absolute Gasteiger partial charge is 0.185 e. The van der Waals surface area contributed by atoms with Crippen LogP contribution in [0, 0.1) is 11.6 Å². The highest BCUT2D eigenvalue weighted by Crippen LogP contribution is 2.21. The van der Waals surface area contributed by atoms with E-state index in [2.05, 4.69) is 0 Å². The molecule has 7 heteroatoms. The van der Waals surface area contributed by atoms with E-state index >= 15 is 0 Å². The van der Waals surface area contributed by atoms with Crippen molar-refractivity contribution in [3.8, 4) is 0 Å². The van der Waals surface area contributed by atoms with E-state index in [1.807, 2.05) is 0 Å². The van der Waals surface area contributed by atoms with E-state index in [-0.39, 0.29) is 15.5 Å². The lowest BCUT2D eigenvalue weighted by atomic mass is 10.1. The molecule has 0 aromatic heterocycles. The van der Waals surface area contributed by atoms with Gasteiger partial charge >= 0.3 is 0 Å². The van der Waals surface area contributed by atoms with Crippen molar-refractivity contribution in [3.05, 3.63) is 64.7 Å². The van der Waals surface area contributed by atoms with Gasteiger partial charge in [-0.15, -0.1) is 0 Å². The third-order valence-corrected chi connectivity index (χ3v) is 4.64. The minimum atomic E-state index is -3.95. The average Bonchev–Trinajstić information content (AvgIpc) is 2.42. The zero-order chi connectivity index (χ0) is 15.6.